The van der Waals surface area contributed by atoms with Gasteiger partial charge in [0.2, 0.25) is 0 Å². The summed E-state index contributed by atoms with van der Waals surface area (Å²) in [4.78, 5) is 66.4. The number of ether oxygens (including phenoxy) is 3. The fraction of sp³-hybridized carbons (Fsp3) is 0.375. The maximum atomic E-state index is 12.8. The molecular formula is C56H66ClN3O16S2. The number of carboxylic acid groups (broad SMARTS) is 1. The summed E-state index contributed by atoms with van der Waals surface area (Å²) in [5.74, 6) is -0.476. The molecule has 0 aliphatic rings. The summed E-state index contributed by atoms with van der Waals surface area (Å²) >= 11 is 9.12. The van der Waals surface area contributed by atoms with Crippen LogP contribution in [-0.4, -0.2) is 190 Å². The van der Waals surface area contributed by atoms with Gasteiger partial charge in [-0.05, 0) is 92.7 Å². The Labute approximate surface area is 462 Å². The molecule has 0 saturated carbocycles. The van der Waals surface area contributed by atoms with Crippen molar-refractivity contribution in [2.75, 3.05) is 105 Å². The molecule has 0 fully saturated rings. The maximum Gasteiger partial charge on any atom is 0.344 e. The summed E-state index contributed by atoms with van der Waals surface area (Å²) < 4.78 is 20.0. The number of benzene rings is 5. The average Bonchev–Trinajstić information content (AvgIpc) is 3.48. The van der Waals surface area contributed by atoms with Crippen LogP contribution in [0.1, 0.15) is 30.6 Å². The first-order valence-corrected chi connectivity index (χ1v) is 27.0. The molecule has 8 N–H and O–H groups in total. The second-order valence-corrected chi connectivity index (χ2v) is 20.5. The number of carbonyl (C=O) groups is 3. The fourth-order valence-electron chi connectivity index (χ4n) is 7.92. The Hall–Kier alpha value is -6.18. The van der Waals surface area contributed by atoms with Gasteiger partial charge in [-0.3, -0.25) is 29.0 Å². The molecule has 22 heteroatoms. The van der Waals surface area contributed by atoms with Crippen LogP contribution in [-0.2, 0) is 9.59 Å². The number of Topliss-reactive ketones (excluding diaryl/α,β-unsaturated/α-hetero) is 1. The number of aliphatic carboxylic acids is 1. The molecule has 2 heterocycles. The first-order valence-electron chi connectivity index (χ1n) is 25.0. The Morgan fingerprint density at radius 2 is 1.13 bits per heavy atom. The van der Waals surface area contributed by atoms with Crippen LogP contribution in [0.5, 0.6) is 17.2 Å². The van der Waals surface area contributed by atoms with Crippen molar-refractivity contribution in [3.63, 3.8) is 0 Å². The third-order valence-electron chi connectivity index (χ3n) is 11.9. The topological polar surface area (TPSA) is 285 Å². The third kappa shape index (κ3) is 17.9. The second-order valence-electron chi connectivity index (χ2n) is 18.0. The molecule has 0 bridgehead atoms. The molecule has 0 aliphatic carbocycles. The highest BCUT2D eigenvalue weighted by Gasteiger charge is 2.25. The highest BCUT2D eigenvalue weighted by atomic mass is 35.5. The van der Waals surface area contributed by atoms with E-state index in [1.807, 2.05) is 35.2 Å². The zero-order valence-electron chi connectivity index (χ0n) is 43.3. The SMILES string of the molecule is CC(C)(O)C(=O)c1ccc(OCCN(CCO)CCO)cc1.O=C(COc1ccc(Cl)c2c(=O)c3ccccc3sc12)N(CCO)CCO.O=C(O)C(CCN(CCO)CCO)Oc1ccc2sc3ccccc3c(=O)c2c1. The third-order valence-corrected chi connectivity index (χ3v) is 14.6. The molecule has 1 atom stereocenters. The summed E-state index contributed by atoms with van der Waals surface area (Å²) in [6, 6.07) is 29.5. The van der Waals surface area contributed by atoms with Gasteiger partial charge in [0, 0.05) is 94.6 Å². The Morgan fingerprint density at radius 3 is 1.69 bits per heavy atom. The molecule has 2 aromatic heterocycles. The Kier molecular flexibility index (Phi) is 25.2. The number of halogens is 1. The van der Waals surface area contributed by atoms with E-state index in [1.54, 1.807) is 77.7 Å². The first-order chi connectivity index (χ1) is 37.5. The van der Waals surface area contributed by atoms with Gasteiger partial charge in [0.25, 0.3) is 5.91 Å². The molecule has 78 heavy (non-hydrogen) atoms. The average molecular weight is 1140 g/mol. The number of nitrogens with zero attached hydrogens (tertiary/aromatic N) is 3. The van der Waals surface area contributed by atoms with Crippen molar-refractivity contribution < 1.29 is 69.4 Å². The van der Waals surface area contributed by atoms with Crippen molar-refractivity contribution in [1.82, 2.24) is 14.7 Å². The monoisotopic (exact) mass is 1140 g/mol. The molecule has 0 radical (unpaired) electrons. The van der Waals surface area contributed by atoms with Crippen molar-refractivity contribution >= 4 is 92.3 Å². The number of fused-ring (bicyclic) bond motifs is 4. The minimum Gasteiger partial charge on any atom is -0.492 e. The summed E-state index contributed by atoms with van der Waals surface area (Å²) in [6.07, 6.45) is -0.927. The van der Waals surface area contributed by atoms with Crippen LogP contribution < -0.4 is 25.1 Å². The van der Waals surface area contributed by atoms with Crippen LogP contribution in [0, 0.1) is 0 Å². The number of carboxylic acids is 1. The van der Waals surface area contributed by atoms with Crippen molar-refractivity contribution in [2.45, 2.75) is 32.0 Å². The number of aliphatic hydroxyl groups excluding tert-OH is 6. The molecule has 7 aromatic rings. The predicted molar refractivity (Wildman–Crippen MR) is 303 cm³/mol. The molecule has 0 aliphatic heterocycles. The molecule has 0 saturated heterocycles. The minimum atomic E-state index is -1.39. The van der Waals surface area contributed by atoms with Crippen LogP contribution in [0.3, 0.4) is 0 Å². The summed E-state index contributed by atoms with van der Waals surface area (Å²) in [6.45, 7) is 5.39. The zero-order valence-corrected chi connectivity index (χ0v) is 45.7. The summed E-state index contributed by atoms with van der Waals surface area (Å²) in [5.41, 5.74) is -1.24. The zero-order chi connectivity index (χ0) is 56.8. The van der Waals surface area contributed by atoms with Gasteiger partial charge in [0.1, 0.15) is 29.5 Å². The number of carbonyl (C=O) groups excluding carboxylic acids is 2. The number of rotatable bonds is 27. The first kappa shape index (κ1) is 62.7. The van der Waals surface area contributed by atoms with Crippen LogP contribution in [0.15, 0.2) is 113 Å². The van der Waals surface area contributed by atoms with E-state index in [2.05, 4.69) is 0 Å². The van der Waals surface area contributed by atoms with Gasteiger partial charge >= 0.3 is 5.97 Å². The highest BCUT2D eigenvalue weighted by molar-refractivity contribution is 7.25. The van der Waals surface area contributed by atoms with E-state index in [9.17, 15) is 34.2 Å². The van der Waals surface area contributed by atoms with Crippen LogP contribution >= 0.6 is 34.3 Å². The molecule has 19 nitrogen and oxygen atoms in total. The second kappa shape index (κ2) is 31.4. The molecule has 1 amide bonds. The summed E-state index contributed by atoms with van der Waals surface area (Å²) in [7, 11) is 0. The van der Waals surface area contributed by atoms with Gasteiger partial charge in [-0.15, -0.1) is 22.7 Å². The number of hydrogen-bond acceptors (Lipinski definition) is 19. The van der Waals surface area contributed by atoms with Crippen LogP contribution in [0.2, 0.25) is 5.02 Å². The lowest BCUT2D eigenvalue weighted by molar-refractivity contribution is -0.145. The van der Waals surface area contributed by atoms with Crippen LogP contribution in [0.25, 0.3) is 40.3 Å². The van der Waals surface area contributed by atoms with Gasteiger partial charge < -0.3 is 60.0 Å². The molecule has 420 valence electrons. The van der Waals surface area contributed by atoms with Crippen LogP contribution in [0.4, 0.5) is 0 Å². The van der Waals surface area contributed by atoms with E-state index in [1.165, 1.54) is 41.4 Å². The smallest absolute Gasteiger partial charge is 0.344 e. The minimum absolute atomic E-state index is 0.0355. The lowest BCUT2D eigenvalue weighted by atomic mass is 9.97. The molecule has 0 spiro atoms. The lowest BCUT2D eigenvalue weighted by Crippen LogP contribution is -2.38. The normalized spacial score (nSPS) is 11.8. The van der Waals surface area contributed by atoms with E-state index >= 15 is 0 Å². The Balaban J connectivity index is 0.000000218. The largest absolute Gasteiger partial charge is 0.492 e. The number of hydrogen-bond donors (Lipinski definition) is 8. The quantitative estimate of drug-likeness (QED) is 0.0260. The van der Waals surface area contributed by atoms with Gasteiger partial charge in [-0.2, -0.15) is 0 Å². The lowest BCUT2D eigenvalue weighted by Gasteiger charge is -2.22. The van der Waals surface area contributed by atoms with Crippen molar-refractivity contribution in [2.24, 2.45) is 0 Å². The predicted octanol–water partition coefficient (Wildman–Crippen LogP) is 4.49. The summed E-state index contributed by atoms with van der Waals surface area (Å²) in [5, 5.41) is 75.7. The Morgan fingerprint density at radius 1 is 0.603 bits per heavy atom. The molecular weight excluding hydrogens is 1070 g/mol. The molecule has 5 aromatic carbocycles. The van der Waals surface area contributed by atoms with E-state index < -0.39 is 17.7 Å². The number of aliphatic hydroxyl groups is 7. The number of ketones is 1. The van der Waals surface area contributed by atoms with Gasteiger partial charge in [-0.25, -0.2) is 4.79 Å². The van der Waals surface area contributed by atoms with Gasteiger partial charge in [-0.1, -0.05) is 35.9 Å². The van der Waals surface area contributed by atoms with E-state index in [0.29, 0.717) is 100.0 Å². The number of amides is 1. The molecule has 7 rings (SSSR count). The van der Waals surface area contributed by atoms with Crippen molar-refractivity contribution in [3.8, 4) is 17.2 Å². The van der Waals surface area contributed by atoms with E-state index in [4.69, 9.17) is 56.5 Å². The fourth-order valence-corrected chi connectivity index (χ4v) is 10.4. The van der Waals surface area contributed by atoms with Gasteiger partial charge in [0.15, 0.2) is 29.4 Å². The standard InChI is InChI=1S/C21H23NO6S.C19H18ClNO5S.C16H25NO5/c23-11-9-22(10-12-24)8-7-17(21(26)27)28-14-5-6-19-16(13-14)20(25)15-3-1-2-4-18(15)29-19;20-13-5-6-14(26-11-16(24)21(7-9-22)8-10-23)19-17(13)18(25)12-3-1-2-4-15(12)27-19;1-16(2,21)15(20)13-3-5-14(6-4-13)22-12-9-17(7-10-18)8-11-19/h1-6,13,17,23-24H,7-12H2,(H,26,27);1-6,22-23H,7-11H2;3-6,18-19,21H,7-12H2,1-2H3. The van der Waals surface area contributed by atoms with Gasteiger partial charge in [0.05, 0.1) is 54.8 Å². The Bertz CT molecular complexity index is 3170. The highest BCUT2D eigenvalue weighted by Crippen LogP contribution is 2.36. The van der Waals surface area contributed by atoms with E-state index in [-0.39, 0.29) is 88.3 Å². The van der Waals surface area contributed by atoms with E-state index in [0.717, 1.165) is 14.1 Å². The maximum absolute atomic E-state index is 12.8. The van der Waals surface area contributed by atoms with Crippen molar-refractivity contribution in [3.05, 3.63) is 134 Å². The van der Waals surface area contributed by atoms with Crippen molar-refractivity contribution in [1.29, 1.82) is 0 Å². The molecule has 1 unspecified atom stereocenters.